The van der Waals surface area contributed by atoms with E-state index in [0.29, 0.717) is 17.0 Å². The highest BCUT2D eigenvalue weighted by Gasteiger charge is 2.32. The van der Waals surface area contributed by atoms with Crippen molar-refractivity contribution >= 4 is 28.7 Å². The molecular formula is C26H24N4O6. The molecule has 0 aliphatic carbocycles. The number of Topliss-reactive ketones (excluding diaryl/α,β-unsaturated/α-hetero) is 1. The molecule has 184 valence electrons. The second-order valence-electron chi connectivity index (χ2n) is 8.70. The summed E-state index contributed by atoms with van der Waals surface area (Å²) in [6, 6.07) is 7.85. The van der Waals surface area contributed by atoms with Crippen LogP contribution in [0.2, 0.25) is 0 Å². The molecule has 10 nitrogen and oxygen atoms in total. The number of benzene rings is 2. The molecule has 0 bridgehead atoms. The van der Waals surface area contributed by atoms with Gasteiger partial charge in [0.15, 0.2) is 5.76 Å². The van der Waals surface area contributed by atoms with Crippen LogP contribution in [0.5, 0.6) is 23.0 Å². The van der Waals surface area contributed by atoms with Crippen LogP contribution >= 0.6 is 0 Å². The predicted molar refractivity (Wildman–Crippen MR) is 132 cm³/mol. The summed E-state index contributed by atoms with van der Waals surface area (Å²) in [5.41, 5.74) is 2.73. The summed E-state index contributed by atoms with van der Waals surface area (Å²) < 4.78 is 14.7. The second-order valence-corrected chi connectivity index (χ2v) is 8.70. The smallest absolute Gasteiger partial charge is 0.242 e. The summed E-state index contributed by atoms with van der Waals surface area (Å²) in [6.07, 6.45) is 5.08. The van der Waals surface area contributed by atoms with E-state index in [0.717, 1.165) is 22.5 Å². The van der Waals surface area contributed by atoms with Crippen LogP contribution in [0.3, 0.4) is 0 Å². The van der Waals surface area contributed by atoms with Crippen molar-refractivity contribution in [3.8, 4) is 34.3 Å². The first-order chi connectivity index (χ1) is 17.2. The van der Waals surface area contributed by atoms with Gasteiger partial charge in [-0.1, -0.05) is 0 Å². The number of aromatic nitrogens is 3. The molecule has 2 aromatic carbocycles. The average Bonchev–Trinajstić information content (AvgIpc) is 3.48. The molecule has 2 aromatic heterocycles. The molecule has 0 atom stereocenters. The summed E-state index contributed by atoms with van der Waals surface area (Å²) in [6.45, 7) is 0.0485. The van der Waals surface area contributed by atoms with Crippen LogP contribution in [0.1, 0.15) is 15.9 Å². The number of methoxy groups -OCH3 is 1. The van der Waals surface area contributed by atoms with Gasteiger partial charge in [-0.3, -0.25) is 14.3 Å². The first-order valence-electron chi connectivity index (χ1n) is 11.1. The summed E-state index contributed by atoms with van der Waals surface area (Å²) in [5, 5.41) is 25.1. The summed E-state index contributed by atoms with van der Waals surface area (Å²) in [5.74, 6) is -0.597. The molecular weight excluding hydrogens is 464 g/mol. The normalized spacial score (nSPS) is 13.8. The van der Waals surface area contributed by atoms with Crippen LogP contribution in [-0.4, -0.2) is 62.4 Å². The number of phenols is 2. The minimum Gasteiger partial charge on any atom is -0.508 e. The number of aryl methyl sites for hydroxylation is 1. The van der Waals surface area contributed by atoms with Crippen molar-refractivity contribution in [3.05, 3.63) is 59.6 Å². The number of hydrogen-bond acceptors (Lipinski definition) is 7. The number of carbonyl (C=O) groups is 2. The Balaban J connectivity index is 1.79. The number of carbonyl (C=O) groups excluding carboxylic acids is 2. The first kappa shape index (κ1) is 23.0. The minimum atomic E-state index is -0.521. The molecule has 1 aliphatic heterocycles. The summed E-state index contributed by atoms with van der Waals surface area (Å²) >= 11 is 0. The topological polar surface area (TPSA) is 119 Å². The molecule has 0 fully saturated rings. The third-order valence-electron chi connectivity index (χ3n) is 6.09. The van der Waals surface area contributed by atoms with Crippen LogP contribution in [0.25, 0.3) is 28.2 Å². The van der Waals surface area contributed by atoms with E-state index in [1.54, 1.807) is 51.3 Å². The standard InChI is InChI=1S/C26H24N4O6/c1-28(2)23(33)13-30-19-6-5-16(35-4)9-17(19)18(25(30)14-11-27-29(3)12-14)10-22-26(34)24-20(32)7-15(31)8-21(24)36-22/h5-12,31-32H,13H2,1-4H3. The molecule has 3 heterocycles. The number of amides is 1. The van der Waals surface area contributed by atoms with Crippen LogP contribution in [0, 0.1) is 0 Å². The SMILES string of the molecule is COc1ccc2c(c1)c(C=C1Oc3cc(O)cc(O)c3C1=O)c(-c1cnn(C)c1)n2CC(=O)N(C)C. The van der Waals surface area contributed by atoms with Gasteiger partial charge in [0.1, 0.15) is 35.1 Å². The molecule has 1 aliphatic rings. The summed E-state index contributed by atoms with van der Waals surface area (Å²) in [4.78, 5) is 27.5. The van der Waals surface area contributed by atoms with Gasteiger partial charge in [-0.2, -0.15) is 5.10 Å². The van der Waals surface area contributed by atoms with Gasteiger partial charge < -0.3 is 29.2 Å². The van der Waals surface area contributed by atoms with E-state index >= 15 is 0 Å². The molecule has 4 aromatic rings. The van der Waals surface area contributed by atoms with Gasteiger partial charge in [-0.25, -0.2) is 0 Å². The Bertz CT molecular complexity index is 1580. The van der Waals surface area contributed by atoms with E-state index < -0.39 is 5.78 Å². The van der Waals surface area contributed by atoms with Gasteiger partial charge in [0, 0.05) is 61.5 Å². The third-order valence-corrected chi connectivity index (χ3v) is 6.09. The predicted octanol–water partition coefficient (Wildman–Crippen LogP) is 3.17. The average molecular weight is 489 g/mol. The number of allylic oxidation sites excluding steroid dienone is 1. The largest absolute Gasteiger partial charge is 0.508 e. The molecule has 0 spiro atoms. The lowest BCUT2D eigenvalue weighted by Gasteiger charge is -2.14. The minimum absolute atomic E-state index is 0.0221. The van der Waals surface area contributed by atoms with Gasteiger partial charge in [-0.15, -0.1) is 0 Å². The molecule has 1 amide bonds. The Morgan fingerprint density at radius 1 is 1.22 bits per heavy atom. The number of hydrogen-bond donors (Lipinski definition) is 2. The zero-order valence-corrected chi connectivity index (χ0v) is 20.1. The third kappa shape index (κ3) is 3.72. The fourth-order valence-electron chi connectivity index (χ4n) is 4.34. The number of ether oxygens (including phenoxy) is 2. The zero-order valence-electron chi connectivity index (χ0n) is 20.1. The highest BCUT2D eigenvalue weighted by Crippen LogP contribution is 2.43. The zero-order chi connectivity index (χ0) is 25.7. The molecule has 0 radical (unpaired) electrons. The number of phenolic OH excluding ortho intramolecular Hbond substituents is 2. The van der Waals surface area contributed by atoms with Crippen molar-refractivity contribution in [1.29, 1.82) is 0 Å². The fourth-order valence-corrected chi connectivity index (χ4v) is 4.34. The number of rotatable bonds is 5. The fraction of sp³-hybridized carbons (Fsp3) is 0.192. The molecule has 2 N–H and O–H groups in total. The van der Waals surface area contributed by atoms with Crippen molar-refractivity contribution in [3.63, 3.8) is 0 Å². The van der Waals surface area contributed by atoms with Crippen molar-refractivity contribution in [2.45, 2.75) is 6.54 Å². The van der Waals surface area contributed by atoms with Gasteiger partial charge in [0.05, 0.1) is 19.0 Å². The Morgan fingerprint density at radius 2 is 2.00 bits per heavy atom. The summed E-state index contributed by atoms with van der Waals surface area (Å²) in [7, 11) is 6.73. The van der Waals surface area contributed by atoms with Crippen molar-refractivity contribution in [2.24, 2.45) is 7.05 Å². The highest BCUT2D eigenvalue weighted by atomic mass is 16.5. The Morgan fingerprint density at radius 3 is 2.67 bits per heavy atom. The number of likely N-dealkylation sites (N-methyl/N-ethyl adjacent to an activating group) is 1. The molecule has 0 saturated heterocycles. The van der Waals surface area contributed by atoms with Crippen molar-refractivity contribution in [1.82, 2.24) is 19.2 Å². The lowest BCUT2D eigenvalue weighted by atomic mass is 10.0. The van der Waals surface area contributed by atoms with E-state index in [2.05, 4.69) is 5.10 Å². The van der Waals surface area contributed by atoms with Gasteiger partial charge >= 0.3 is 0 Å². The Kier molecular flexibility index (Phi) is 5.43. The molecule has 0 unspecified atom stereocenters. The molecule has 36 heavy (non-hydrogen) atoms. The van der Waals surface area contributed by atoms with Gasteiger partial charge in [0.2, 0.25) is 11.7 Å². The number of ketones is 1. The van der Waals surface area contributed by atoms with Crippen molar-refractivity contribution in [2.75, 3.05) is 21.2 Å². The van der Waals surface area contributed by atoms with Crippen LogP contribution < -0.4 is 9.47 Å². The second kappa shape index (κ2) is 8.49. The lowest BCUT2D eigenvalue weighted by Crippen LogP contribution is -2.26. The van der Waals surface area contributed by atoms with Crippen LogP contribution in [0.15, 0.2) is 48.5 Å². The lowest BCUT2D eigenvalue weighted by molar-refractivity contribution is -0.129. The van der Waals surface area contributed by atoms with Gasteiger partial charge in [-0.05, 0) is 24.3 Å². The Hall–Kier alpha value is -4.73. The van der Waals surface area contributed by atoms with Crippen LogP contribution in [-0.2, 0) is 18.4 Å². The number of aromatic hydroxyl groups is 2. The van der Waals surface area contributed by atoms with E-state index in [9.17, 15) is 19.8 Å². The number of fused-ring (bicyclic) bond motifs is 2. The van der Waals surface area contributed by atoms with Crippen molar-refractivity contribution < 1.29 is 29.3 Å². The van der Waals surface area contributed by atoms with E-state index in [1.807, 2.05) is 22.9 Å². The van der Waals surface area contributed by atoms with Crippen LogP contribution in [0.4, 0.5) is 0 Å². The maximum absolute atomic E-state index is 13.2. The molecule has 0 saturated carbocycles. The quantitative estimate of drug-likeness (QED) is 0.414. The van der Waals surface area contributed by atoms with E-state index in [-0.39, 0.29) is 41.0 Å². The molecule has 10 heteroatoms. The monoisotopic (exact) mass is 488 g/mol. The van der Waals surface area contributed by atoms with Gasteiger partial charge in [0.25, 0.3) is 0 Å². The highest BCUT2D eigenvalue weighted by molar-refractivity contribution is 6.17. The maximum atomic E-state index is 13.2. The van der Waals surface area contributed by atoms with E-state index in [1.165, 1.54) is 11.0 Å². The Labute approximate surface area is 206 Å². The maximum Gasteiger partial charge on any atom is 0.242 e. The van der Waals surface area contributed by atoms with E-state index in [4.69, 9.17) is 9.47 Å². The number of nitrogens with zero attached hydrogens (tertiary/aromatic N) is 4. The first-order valence-corrected chi connectivity index (χ1v) is 11.1. The molecule has 5 rings (SSSR count).